The van der Waals surface area contributed by atoms with Gasteiger partial charge in [0, 0.05) is 19.3 Å². The highest BCUT2D eigenvalue weighted by Gasteiger charge is 2.19. The second-order valence-corrected chi connectivity index (χ2v) is 17.4. The summed E-state index contributed by atoms with van der Waals surface area (Å²) < 4.78 is 16.7. The number of carbonyl (C=O) groups excluding carboxylic acids is 3. The van der Waals surface area contributed by atoms with Crippen molar-refractivity contribution < 1.29 is 28.6 Å². The van der Waals surface area contributed by atoms with Crippen LogP contribution in [0, 0.1) is 0 Å². The van der Waals surface area contributed by atoms with Crippen molar-refractivity contribution in [3.8, 4) is 0 Å². The number of ether oxygens (including phenoxy) is 3. The average Bonchev–Trinajstić information content (AvgIpc) is 3.31. The third-order valence-corrected chi connectivity index (χ3v) is 11.0. The molecule has 0 N–H and O–H groups in total. The lowest BCUT2D eigenvalue weighted by Gasteiger charge is -2.18. The van der Waals surface area contributed by atoms with E-state index in [1.165, 1.54) is 51.4 Å². The van der Waals surface area contributed by atoms with Crippen LogP contribution in [0.1, 0.15) is 233 Å². The van der Waals surface area contributed by atoms with E-state index in [-0.39, 0.29) is 31.1 Å². The normalized spacial score (nSPS) is 13.0. The number of hydrogen-bond acceptors (Lipinski definition) is 6. The van der Waals surface area contributed by atoms with Crippen LogP contribution in [0.5, 0.6) is 0 Å². The molecule has 1 unspecified atom stereocenters. The van der Waals surface area contributed by atoms with E-state index in [1.54, 1.807) is 0 Å². The van der Waals surface area contributed by atoms with Crippen molar-refractivity contribution in [2.75, 3.05) is 13.2 Å². The van der Waals surface area contributed by atoms with Gasteiger partial charge in [0.1, 0.15) is 13.2 Å². The standard InChI is InChI=1S/C60H98O6/c1-4-7-10-13-16-18-20-22-24-26-28-30-32-34-36-38-40-42-44-47-50-53-59(62)65-56-57(55-64-58(61)52-49-46-15-12-9-6-3)66-60(63)54-51-48-45-43-41-39-37-35-33-31-29-27-25-23-21-19-17-14-11-8-5-2/h7-8,10-11,16-19,22-25,28-31,34,36,57H,4-6,9,12-15,20-21,26-27,32-33,35,37-56H2,1-3H3/b10-7-,11-8-,18-16-,19-17-,24-22-,25-23-,30-28-,31-29-,36-34-. The van der Waals surface area contributed by atoms with E-state index in [9.17, 15) is 14.4 Å². The summed E-state index contributed by atoms with van der Waals surface area (Å²) in [5, 5.41) is 0. The molecule has 0 aliphatic heterocycles. The van der Waals surface area contributed by atoms with Crippen LogP contribution in [-0.4, -0.2) is 37.2 Å². The number of hydrogen-bond donors (Lipinski definition) is 0. The van der Waals surface area contributed by atoms with Gasteiger partial charge in [0.05, 0.1) is 0 Å². The zero-order valence-electron chi connectivity index (χ0n) is 42.7. The molecule has 1 atom stereocenters. The van der Waals surface area contributed by atoms with Crippen molar-refractivity contribution in [2.45, 2.75) is 239 Å². The smallest absolute Gasteiger partial charge is 0.306 e. The molecule has 0 saturated carbocycles. The summed E-state index contributed by atoms with van der Waals surface area (Å²) in [4.78, 5) is 37.8. The van der Waals surface area contributed by atoms with E-state index in [2.05, 4.69) is 130 Å². The average molecular weight is 915 g/mol. The minimum atomic E-state index is -0.789. The van der Waals surface area contributed by atoms with Gasteiger partial charge < -0.3 is 14.2 Å². The summed E-state index contributed by atoms with van der Waals surface area (Å²) in [6.45, 7) is 6.32. The predicted octanol–water partition coefficient (Wildman–Crippen LogP) is 17.9. The molecule has 66 heavy (non-hydrogen) atoms. The first-order chi connectivity index (χ1) is 32.5. The van der Waals surface area contributed by atoms with Crippen LogP contribution in [0.3, 0.4) is 0 Å². The lowest BCUT2D eigenvalue weighted by Crippen LogP contribution is -2.30. The van der Waals surface area contributed by atoms with E-state index < -0.39 is 6.10 Å². The summed E-state index contributed by atoms with van der Waals surface area (Å²) in [7, 11) is 0. The Morgan fingerprint density at radius 2 is 0.591 bits per heavy atom. The fourth-order valence-corrected chi connectivity index (χ4v) is 7.05. The van der Waals surface area contributed by atoms with Crippen molar-refractivity contribution in [1.29, 1.82) is 0 Å². The highest BCUT2D eigenvalue weighted by atomic mass is 16.6. The summed E-state index contributed by atoms with van der Waals surface area (Å²) in [6, 6.07) is 0. The van der Waals surface area contributed by atoms with E-state index in [4.69, 9.17) is 14.2 Å². The molecule has 0 spiro atoms. The second-order valence-electron chi connectivity index (χ2n) is 17.4. The first-order valence-electron chi connectivity index (χ1n) is 26.9. The van der Waals surface area contributed by atoms with Gasteiger partial charge in [-0.15, -0.1) is 0 Å². The monoisotopic (exact) mass is 915 g/mol. The van der Waals surface area contributed by atoms with Gasteiger partial charge in [-0.25, -0.2) is 0 Å². The number of rotatable bonds is 47. The molecule has 0 bridgehead atoms. The van der Waals surface area contributed by atoms with Crippen molar-refractivity contribution in [1.82, 2.24) is 0 Å². The lowest BCUT2D eigenvalue weighted by molar-refractivity contribution is -0.167. The van der Waals surface area contributed by atoms with Gasteiger partial charge in [-0.3, -0.25) is 14.4 Å². The highest BCUT2D eigenvalue weighted by Crippen LogP contribution is 2.14. The molecular formula is C60H98O6. The van der Waals surface area contributed by atoms with Gasteiger partial charge in [0.2, 0.25) is 0 Å². The Morgan fingerprint density at radius 3 is 0.924 bits per heavy atom. The molecular weight excluding hydrogens is 817 g/mol. The quantitative estimate of drug-likeness (QED) is 0.0262. The van der Waals surface area contributed by atoms with Gasteiger partial charge in [0.25, 0.3) is 0 Å². The molecule has 0 aromatic heterocycles. The Kier molecular flexibility index (Phi) is 50.5. The molecule has 0 aromatic rings. The largest absolute Gasteiger partial charge is 0.462 e. The van der Waals surface area contributed by atoms with Crippen molar-refractivity contribution in [3.05, 3.63) is 109 Å². The van der Waals surface area contributed by atoms with Gasteiger partial charge in [-0.2, -0.15) is 0 Å². The van der Waals surface area contributed by atoms with Gasteiger partial charge >= 0.3 is 17.9 Å². The maximum absolute atomic E-state index is 12.8. The van der Waals surface area contributed by atoms with Crippen LogP contribution in [0.2, 0.25) is 0 Å². The Morgan fingerprint density at radius 1 is 0.318 bits per heavy atom. The SMILES string of the molecule is CC/C=C\C/C=C\C/C=C\C/C=C\C/C=C\CCCCCCCC(=O)OCC(COC(=O)CCCCCCCC)OC(=O)CCCCCCCCCC/C=C\C/C=C\C/C=C\C/C=C\CC. The van der Waals surface area contributed by atoms with E-state index in [1.807, 2.05) is 0 Å². The van der Waals surface area contributed by atoms with Crippen LogP contribution < -0.4 is 0 Å². The molecule has 0 amide bonds. The molecule has 0 aromatic carbocycles. The molecule has 0 fully saturated rings. The minimum absolute atomic E-state index is 0.0894. The zero-order chi connectivity index (χ0) is 47.9. The van der Waals surface area contributed by atoms with Crippen molar-refractivity contribution in [3.63, 3.8) is 0 Å². The van der Waals surface area contributed by atoms with E-state index in [0.717, 1.165) is 141 Å². The van der Waals surface area contributed by atoms with Crippen LogP contribution in [0.4, 0.5) is 0 Å². The topological polar surface area (TPSA) is 78.9 Å². The number of carbonyl (C=O) groups is 3. The molecule has 6 nitrogen and oxygen atoms in total. The maximum Gasteiger partial charge on any atom is 0.306 e. The second kappa shape index (κ2) is 53.7. The molecule has 0 radical (unpaired) electrons. The first kappa shape index (κ1) is 62.1. The van der Waals surface area contributed by atoms with E-state index in [0.29, 0.717) is 19.3 Å². The van der Waals surface area contributed by atoms with E-state index >= 15 is 0 Å². The Balaban J connectivity index is 4.26. The van der Waals surface area contributed by atoms with Crippen molar-refractivity contribution in [2.24, 2.45) is 0 Å². The Bertz CT molecular complexity index is 1370. The van der Waals surface area contributed by atoms with Crippen LogP contribution >= 0.6 is 0 Å². The zero-order valence-corrected chi connectivity index (χ0v) is 42.7. The molecule has 0 saturated heterocycles. The lowest BCUT2D eigenvalue weighted by atomic mass is 10.1. The fraction of sp³-hybridized carbons (Fsp3) is 0.650. The molecule has 0 aliphatic rings. The number of allylic oxidation sites excluding steroid dienone is 18. The van der Waals surface area contributed by atoms with Crippen LogP contribution in [-0.2, 0) is 28.6 Å². The van der Waals surface area contributed by atoms with Crippen LogP contribution in [0.25, 0.3) is 0 Å². The molecule has 0 aliphatic carbocycles. The number of esters is 3. The summed E-state index contributed by atoms with van der Waals surface area (Å²) in [6.07, 6.45) is 72.4. The third-order valence-electron chi connectivity index (χ3n) is 11.0. The Labute approximate surface area is 406 Å². The maximum atomic E-state index is 12.8. The van der Waals surface area contributed by atoms with Crippen molar-refractivity contribution >= 4 is 17.9 Å². The third kappa shape index (κ3) is 51.1. The fourth-order valence-electron chi connectivity index (χ4n) is 7.05. The molecule has 6 heteroatoms. The molecule has 0 heterocycles. The predicted molar refractivity (Wildman–Crippen MR) is 283 cm³/mol. The summed E-state index contributed by atoms with van der Waals surface area (Å²) >= 11 is 0. The minimum Gasteiger partial charge on any atom is -0.462 e. The molecule has 374 valence electrons. The summed E-state index contributed by atoms with van der Waals surface area (Å²) in [5.74, 6) is -0.930. The van der Waals surface area contributed by atoms with Gasteiger partial charge in [0.15, 0.2) is 6.10 Å². The highest BCUT2D eigenvalue weighted by molar-refractivity contribution is 5.71. The molecule has 0 rings (SSSR count). The summed E-state index contributed by atoms with van der Waals surface area (Å²) in [5.41, 5.74) is 0. The number of unbranched alkanes of at least 4 members (excludes halogenated alkanes) is 18. The Hall–Kier alpha value is -3.93. The van der Waals surface area contributed by atoms with Gasteiger partial charge in [-0.05, 0) is 103 Å². The first-order valence-corrected chi connectivity index (χ1v) is 26.9. The van der Waals surface area contributed by atoms with Gasteiger partial charge in [-0.1, -0.05) is 220 Å². The van der Waals surface area contributed by atoms with Crippen LogP contribution in [0.15, 0.2) is 109 Å².